The van der Waals surface area contributed by atoms with Crippen molar-refractivity contribution in [1.29, 1.82) is 0 Å². The standard InChI is InChI=1S/C26H23NO2/c28-24(14-5-4-10-19-8-2-1-3-9-19)21-12-6-11-20(16-21)23-17-22-13-7-15-27-26(22)25(29)18-23/h1-3,6-9,11-13,15-18,29H,4-5,10,14H2. The van der Waals surface area contributed by atoms with Crippen LogP contribution in [0.4, 0.5) is 0 Å². The number of aryl methyl sites for hydroxylation is 1. The van der Waals surface area contributed by atoms with Crippen LogP contribution in [0.3, 0.4) is 0 Å². The number of carbonyl (C=O) groups excluding carboxylic acids is 1. The number of benzene rings is 3. The molecule has 4 rings (SSSR count). The molecule has 0 spiro atoms. The van der Waals surface area contributed by atoms with Crippen molar-refractivity contribution >= 4 is 16.7 Å². The molecule has 3 heteroatoms. The monoisotopic (exact) mass is 381 g/mol. The molecule has 3 aromatic carbocycles. The third-order valence-electron chi connectivity index (χ3n) is 5.16. The van der Waals surface area contributed by atoms with Gasteiger partial charge in [-0.2, -0.15) is 0 Å². The van der Waals surface area contributed by atoms with E-state index in [9.17, 15) is 9.90 Å². The summed E-state index contributed by atoms with van der Waals surface area (Å²) >= 11 is 0. The first-order valence-corrected chi connectivity index (χ1v) is 9.96. The van der Waals surface area contributed by atoms with Crippen molar-refractivity contribution < 1.29 is 9.90 Å². The first-order valence-electron chi connectivity index (χ1n) is 9.96. The summed E-state index contributed by atoms with van der Waals surface area (Å²) in [4.78, 5) is 16.9. The van der Waals surface area contributed by atoms with E-state index in [1.165, 1.54) is 5.56 Å². The Kier molecular flexibility index (Phi) is 5.66. The highest BCUT2D eigenvalue weighted by Crippen LogP contribution is 2.31. The minimum absolute atomic E-state index is 0.149. The van der Waals surface area contributed by atoms with Gasteiger partial charge in [0.05, 0.1) is 0 Å². The predicted molar refractivity (Wildman–Crippen MR) is 117 cm³/mol. The summed E-state index contributed by atoms with van der Waals surface area (Å²) in [5, 5.41) is 11.2. The maximum atomic E-state index is 12.7. The van der Waals surface area contributed by atoms with Gasteiger partial charge < -0.3 is 5.11 Å². The van der Waals surface area contributed by atoms with Gasteiger partial charge in [-0.05, 0) is 60.2 Å². The summed E-state index contributed by atoms with van der Waals surface area (Å²) < 4.78 is 0. The van der Waals surface area contributed by atoms with E-state index in [0.717, 1.165) is 35.8 Å². The minimum atomic E-state index is 0.149. The highest BCUT2D eigenvalue weighted by atomic mass is 16.3. The lowest BCUT2D eigenvalue weighted by Gasteiger charge is -2.08. The number of aromatic hydroxyl groups is 1. The summed E-state index contributed by atoms with van der Waals surface area (Å²) in [6.07, 6.45) is 5.09. The fraction of sp³-hybridized carbons (Fsp3) is 0.154. The third-order valence-corrected chi connectivity index (χ3v) is 5.16. The van der Waals surface area contributed by atoms with E-state index in [2.05, 4.69) is 17.1 Å². The zero-order valence-corrected chi connectivity index (χ0v) is 16.2. The normalized spacial score (nSPS) is 10.9. The molecule has 0 atom stereocenters. The SMILES string of the molecule is O=C(CCCCc1ccccc1)c1cccc(-c2cc(O)c3ncccc3c2)c1. The smallest absolute Gasteiger partial charge is 0.162 e. The lowest BCUT2D eigenvalue weighted by Crippen LogP contribution is -1.99. The molecule has 0 aliphatic rings. The van der Waals surface area contributed by atoms with Gasteiger partial charge in [0.1, 0.15) is 11.3 Å². The van der Waals surface area contributed by atoms with Crippen LogP contribution in [0, 0.1) is 0 Å². The maximum absolute atomic E-state index is 12.7. The second kappa shape index (κ2) is 8.70. The van der Waals surface area contributed by atoms with Crippen LogP contribution in [0.15, 0.2) is 85.1 Å². The Bertz CT molecular complexity index is 1140. The van der Waals surface area contributed by atoms with Crippen molar-refractivity contribution in [3.8, 4) is 16.9 Å². The average molecular weight is 381 g/mol. The fourth-order valence-corrected chi connectivity index (χ4v) is 3.62. The molecule has 0 fully saturated rings. The molecule has 1 aromatic heterocycles. The second-order valence-electron chi connectivity index (χ2n) is 7.27. The van der Waals surface area contributed by atoms with Crippen LogP contribution in [-0.4, -0.2) is 15.9 Å². The van der Waals surface area contributed by atoms with Crippen LogP contribution in [0.5, 0.6) is 5.75 Å². The average Bonchev–Trinajstić information content (AvgIpc) is 2.77. The van der Waals surface area contributed by atoms with Gasteiger partial charge >= 0.3 is 0 Å². The number of aromatic nitrogens is 1. The van der Waals surface area contributed by atoms with Crippen LogP contribution in [0.1, 0.15) is 35.2 Å². The number of Topliss-reactive ketones (excluding diaryl/α,β-unsaturated/α-hetero) is 1. The molecule has 0 radical (unpaired) electrons. The quantitative estimate of drug-likeness (QED) is 0.306. The number of hydrogen-bond donors (Lipinski definition) is 1. The van der Waals surface area contributed by atoms with E-state index in [0.29, 0.717) is 17.5 Å². The molecule has 4 aromatic rings. The molecule has 0 amide bonds. The van der Waals surface area contributed by atoms with E-state index < -0.39 is 0 Å². The number of phenols is 1. The van der Waals surface area contributed by atoms with Gasteiger partial charge in [-0.3, -0.25) is 9.78 Å². The second-order valence-corrected chi connectivity index (χ2v) is 7.27. The van der Waals surface area contributed by atoms with Gasteiger partial charge in [0, 0.05) is 23.6 Å². The first-order chi connectivity index (χ1) is 14.2. The van der Waals surface area contributed by atoms with Crippen LogP contribution in [0.25, 0.3) is 22.0 Å². The highest BCUT2D eigenvalue weighted by Gasteiger charge is 2.10. The molecular weight excluding hydrogens is 358 g/mol. The van der Waals surface area contributed by atoms with Crippen LogP contribution >= 0.6 is 0 Å². The van der Waals surface area contributed by atoms with Gasteiger partial charge in [0.25, 0.3) is 0 Å². The van der Waals surface area contributed by atoms with Crippen LogP contribution < -0.4 is 0 Å². The van der Waals surface area contributed by atoms with Crippen molar-refractivity contribution in [1.82, 2.24) is 4.98 Å². The van der Waals surface area contributed by atoms with E-state index in [1.807, 2.05) is 60.7 Å². The Morgan fingerprint density at radius 2 is 1.69 bits per heavy atom. The molecule has 0 bridgehead atoms. The zero-order chi connectivity index (χ0) is 20.1. The van der Waals surface area contributed by atoms with Gasteiger partial charge in [0.2, 0.25) is 0 Å². The Morgan fingerprint density at radius 3 is 2.55 bits per heavy atom. The fourth-order valence-electron chi connectivity index (χ4n) is 3.62. The maximum Gasteiger partial charge on any atom is 0.162 e. The molecule has 144 valence electrons. The molecule has 0 aliphatic carbocycles. The largest absolute Gasteiger partial charge is 0.506 e. The number of pyridine rings is 1. The van der Waals surface area contributed by atoms with E-state index in [4.69, 9.17) is 0 Å². The van der Waals surface area contributed by atoms with Crippen molar-refractivity contribution in [2.24, 2.45) is 0 Å². The minimum Gasteiger partial charge on any atom is -0.506 e. The molecule has 29 heavy (non-hydrogen) atoms. The first kappa shape index (κ1) is 18.9. The summed E-state index contributed by atoms with van der Waals surface area (Å²) in [7, 11) is 0. The predicted octanol–water partition coefficient (Wildman–Crippen LogP) is 6.20. The number of nitrogens with zero attached hydrogens (tertiary/aromatic N) is 1. The van der Waals surface area contributed by atoms with Gasteiger partial charge in [-0.25, -0.2) is 0 Å². The molecule has 0 saturated heterocycles. The van der Waals surface area contributed by atoms with Gasteiger partial charge in [-0.1, -0.05) is 54.6 Å². The van der Waals surface area contributed by atoms with Crippen molar-refractivity contribution in [3.63, 3.8) is 0 Å². The molecule has 1 N–H and O–H groups in total. The number of fused-ring (bicyclic) bond motifs is 1. The summed E-state index contributed by atoms with van der Waals surface area (Å²) in [5.41, 5.74) is 4.41. The lowest BCUT2D eigenvalue weighted by molar-refractivity contribution is 0.0979. The van der Waals surface area contributed by atoms with E-state index in [1.54, 1.807) is 12.3 Å². The summed E-state index contributed by atoms with van der Waals surface area (Å²) in [6.45, 7) is 0. The van der Waals surface area contributed by atoms with Gasteiger partial charge in [-0.15, -0.1) is 0 Å². The lowest BCUT2D eigenvalue weighted by atomic mass is 9.97. The Morgan fingerprint density at radius 1 is 0.828 bits per heavy atom. The number of ketones is 1. The molecule has 1 heterocycles. The summed E-state index contributed by atoms with van der Waals surface area (Å²) in [6, 6.07) is 25.5. The number of unbranched alkanes of at least 4 members (excludes halogenated alkanes) is 1. The molecule has 0 saturated carbocycles. The highest BCUT2D eigenvalue weighted by molar-refractivity contribution is 5.97. The zero-order valence-electron chi connectivity index (χ0n) is 16.2. The molecule has 3 nitrogen and oxygen atoms in total. The number of rotatable bonds is 7. The third kappa shape index (κ3) is 4.52. The Hall–Kier alpha value is -3.46. The van der Waals surface area contributed by atoms with Crippen molar-refractivity contribution in [2.45, 2.75) is 25.7 Å². The van der Waals surface area contributed by atoms with Crippen LogP contribution in [0.2, 0.25) is 0 Å². The summed E-state index contributed by atoms with van der Waals surface area (Å²) in [5.74, 6) is 0.308. The topological polar surface area (TPSA) is 50.2 Å². The molecule has 0 aliphatic heterocycles. The Balaban J connectivity index is 1.45. The van der Waals surface area contributed by atoms with Crippen molar-refractivity contribution in [3.05, 3.63) is 96.2 Å². The number of hydrogen-bond acceptors (Lipinski definition) is 3. The van der Waals surface area contributed by atoms with Crippen molar-refractivity contribution in [2.75, 3.05) is 0 Å². The number of phenolic OH excluding ortho intramolecular Hbond substituents is 1. The number of carbonyl (C=O) groups is 1. The Labute approximate surface area is 170 Å². The van der Waals surface area contributed by atoms with E-state index >= 15 is 0 Å². The van der Waals surface area contributed by atoms with Crippen LogP contribution in [-0.2, 0) is 6.42 Å². The van der Waals surface area contributed by atoms with E-state index in [-0.39, 0.29) is 11.5 Å². The molecular formula is C26H23NO2. The van der Waals surface area contributed by atoms with Gasteiger partial charge in [0.15, 0.2) is 5.78 Å². The molecule has 0 unspecified atom stereocenters.